The highest BCUT2D eigenvalue weighted by atomic mass is 32.1. The highest BCUT2D eigenvalue weighted by molar-refractivity contribution is 7.07. The summed E-state index contributed by atoms with van der Waals surface area (Å²) in [6.45, 7) is 2.75. The maximum atomic E-state index is 4.68. The average Bonchev–Trinajstić information content (AvgIpc) is 3.08. The van der Waals surface area contributed by atoms with Crippen molar-refractivity contribution in [1.82, 2.24) is 29.8 Å². The number of fused-ring (bicyclic) bond motifs is 1. The van der Waals surface area contributed by atoms with E-state index in [2.05, 4.69) is 35.2 Å². The summed E-state index contributed by atoms with van der Waals surface area (Å²) in [5.74, 6) is 0.701. The first-order valence-corrected chi connectivity index (χ1v) is 8.02. The molecular formula is C15H14N6S. The molecule has 6 nitrogen and oxygen atoms in total. The van der Waals surface area contributed by atoms with Crippen LogP contribution in [-0.4, -0.2) is 36.4 Å². The van der Waals surface area contributed by atoms with Crippen LogP contribution in [0.1, 0.15) is 17.0 Å². The summed E-state index contributed by atoms with van der Waals surface area (Å²) in [7, 11) is 0. The number of thiazole rings is 1. The first kappa shape index (κ1) is 13.4. The van der Waals surface area contributed by atoms with Crippen molar-refractivity contribution < 1.29 is 0 Å². The number of hydrogen-bond donors (Lipinski definition) is 0. The minimum absolute atomic E-state index is 0.701. The van der Waals surface area contributed by atoms with Gasteiger partial charge in [0.1, 0.15) is 6.33 Å². The van der Waals surface area contributed by atoms with Gasteiger partial charge >= 0.3 is 0 Å². The third kappa shape index (κ3) is 2.72. The van der Waals surface area contributed by atoms with Gasteiger partial charge in [0.25, 0.3) is 0 Å². The summed E-state index contributed by atoms with van der Waals surface area (Å²) >= 11 is 1.64. The summed E-state index contributed by atoms with van der Waals surface area (Å²) in [5.41, 5.74) is 6.19. The van der Waals surface area contributed by atoms with Crippen LogP contribution in [-0.2, 0) is 19.5 Å². The van der Waals surface area contributed by atoms with Crippen molar-refractivity contribution >= 4 is 11.3 Å². The molecule has 110 valence electrons. The Hall–Kier alpha value is -2.25. The van der Waals surface area contributed by atoms with Crippen LogP contribution < -0.4 is 0 Å². The second-order valence-corrected chi connectivity index (χ2v) is 5.95. The largest absolute Gasteiger partial charge is 0.293 e. The van der Waals surface area contributed by atoms with Gasteiger partial charge in [0.05, 0.1) is 22.5 Å². The Labute approximate surface area is 131 Å². The molecule has 0 saturated heterocycles. The second-order valence-electron chi connectivity index (χ2n) is 5.23. The lowest BCUT2D eigenvalue weighted by atomic mass is 10.1. The lowest BCUT2D eigenvalue weighted by molar-refractivity contribution is 0.240. The quantitative estimate of drug-likeness (QED) is 0.736. The van der Waals surface area contributed by atoms with E-state index >= 15 is 0 Å². The van der Waals surface area contributed by atoms with Crippen LogP contribution in [0.3, 0.4) is 0 Å². The molecule has 0 aliphatic carbocycles. The van der Waals surface area contributed by atoms with Gasteiger partial charge in [0, 0.05) is 55.6 Å². The van der Waals surface area contributed by atoms with Gasteiger partial charge in [-0.3, -0.25) is 4.90 Å². The molecule has 3 aromatic rings. The molecule has 0 bridgehead atoms. The summed E-state index contributed by atoms with van der Waals surface area (Å²) in [6, 6.07) is 0. The Balaban J connectivity index is 1.54. The molecular weight excluding hydrogens is 296 g/mol. The Morgan fingerprint density at radius 2 is 2.05 bits per heavy atom. The molecule has 0 spiro atoms. The fraction of sp³-hybridized carbons (Fsp3) is 0.267. The van der Waals surface area contributed by atoms with Gasteiger partial charge in [-0.05, 0) is 0 Å². The molecule has 0 aromatic carbocycles. The van der Waals surface area contributed by atoms with Gasteiger partial charge in [-0.15, -0.1) is 11.3 Å². The van der Waals surface area contributed by atoms with Gasteiger partial charge in [-0.1, -0.05) is 0 Å². The van der Waals surface area contributed by atoms with Crippen molar-refractivity contribution in [2.24, 2.45) is 0 Å². The molecule has 0 N–H and O–H groups in total. The maximum absolute atomic E-state index is 4.68. The topological polar surface area (TPSA) is 67.7 Å². The summed E-state index contributed by atoms with van der Waals surface area (Å²) < 4.78 is 0. The summed E-state index contributed by atoms with van der Waals surface area (Å²) in [5, 5.41) is 2.10. The summed E-state index contributed by atoms with van der Waals surface area (Å²) in [4.78, 5) is 23.9. The fourth-order valence-electron chi connectivity index (χ4n) is 2.61. The minimum atomic E-state index is 0.701. The lowest BCUT2D eigenvalue weighted by Gasteiger charge is -2.27. The predicted octanol–water partition coefficient (Wildman–Crippen LogP) is 1.95. The van der Waals surface area contributed by atoms with Crippen LogP contribution in [0, 0.1) is 0 Å². The van der Waals surface area contributed by atoms with E-state index in [1.54, 1.807) is 23.7 Å². The normalized spacial score (nSPS) is 14.7. The van der Waals surface area contributed by atoms with E-state index in [1.165, 1.54) is 11.9 Å². The van der Waals surface area contributed by atoms with Crippen LogP contribution in [0.5, 0.6) is 0 Å². The zero-order valence-corrected chi connectivity index (χ0v) is 12.7. The van der Waals surface area contributed by atoms with E-state index in [4.69, 9.17) is 0 Å². The van der Waals surface area contributed by atoms with Gasteiger partial charge in [-0.25, -0.2) is 24.9 Å². The number of aromatic nitrogens is 5. The van der Waals surface area contributed by atoms with E-state index in [0.717, 1.165) is 43.0 Å². The smallest absolute Gasteiger partial charge is 0.162 e. The monoisotopic (exact) mass is 310 g/mol. The van der Waals surface area contributed by atoms with Crippen LogP contribution in [0.15, 0.2) is 35.8 Å². The van der Waals surface area contributed by atoms with Crippen molar-refractivity contribution in [3.63, 3.8) is 0 Å². The lowest BCUT2D eigenvalue weighted by Crippen LogP contribution is -2.31. The van der Waals surface area contributed by atoms with E-state index < -0.39 is 0 Å². The summed E-state index contributed by atoms with van der Waals surface area (Å²) in [6.07, 6.45) is 7.86. The highest BCUT2D eigenvalue weighted by Gasteiger charge is 2.19. The molecule has 0 atom stereocenters. The molecule has 0 fully saturated rings. The SMILES string of the molecule is c1ncc(-c2ncc3c(n2)CCN(Cc2cscn2)C3)cn1. The molecule has 1 aliphatic heterocycles. The van der Waals surface area contributed by atoms with Gasteiger partial charge in [0.15, 0.2) is 5.82 Å². The van der Waals surface area contributed by atoms with Crippen molar-refractivity contribution in [2.45, 2.75) is 19.5 Å². The zero-order chi connectivity index (χ0) is 14.8. The molecule has 4 rings (SSSR count). The van der Waals surface area contributed by atoms with Crippen LogP contribution in [0.25, 0.3) is 11.4 Å². The average molecular weight is 310 g/mol. The molecule has 0 amide bonds. The Morgan fingerprint density at radius 1 is 1.14 bits per heavy atom. The van der Waals surface area contributed by atoms with E-state index in [9.17, 15) is 0 Å². The van der Waals surface area contributed by atoms with Crippen molar-refractivity contribution in [1.29, 1.82) is 0 Å². The standard InChI is InChI=1S/C15H14N6S/c1-2-21(7-13-8-22-10-19-13)6-12-5-18-15(20-14(1)12)11-3-16-9-17-4-11/h3-5,8-10H,1-2,6-7H2. The molecule has 0 unspecified atom stereocenters. The number of rotatable bonds is 3. The molecule has 1 aliphatic rings. The minimum Gasteiger partial charge on any atom is -0.293 e. The van der Waals surface area contributed by atoms with E-state index in [0.29, 0.717) is 5.82 Å². The van der Waals surface area contributed by atoms with Crippen LogP contribution >= 0.6 is 11.3 Å². The van der Waals surface area contributed by atoms with Gasteiger partial charge < -0.3 is 0 Å². The van der Waals surface area contributed by atoms with Crippen LogP contribution in [0.4, 0.5) is 0 Å². The van der Waals surface area contributed by atoms with Crippen molar-refractivity contribution in [2.75, 3.05) is 6.54 Å². The van der Waals surface area contributed by atoms with Gasteiger partial charge in [0.2, 0.25) is 0 Å². The highest BCUT2D eigenvalue weighted by Crippen LogP contribution is 2.21. The Bertz CT molecular complexity index is 759. The molecule has 7 heteroatoms. The second kappa shape index (κ2) is 5.86. The third-order valence-corrected chi connectivity index (χ3v) is 4.34. The van der Waals surface area contributed by atoms with Crippen LogP contribution in [0.2, 0.25) is 0 Å². The molecule has 22 heavy (non-hydrogen) atoms. The zero-order valence-electron chi connectivity index (χ0n) is 11.9. The Kier molecular flexibility index (Phi) is 3.57. The Morgan fingerprint density at radius 3 is 2.86 bits per heavy atom. The third-order valence-electron chi connectivity index (χ3n) is 3.70. The molecule has 0 radical (unpaired) electrons. The fourth-order valence-corrected chi connectivity index (χ4v) is 3.16. The number of nitrogens with zero attached hydrogens (tertiary/aromatic N) is 6. The molecule has 0 saturated carbocycles. The molecule has 3 aromatic heterocycles. The van der Waals surface area contributed by atoms with Crippen molar-refractivity contribution in [3.8, 4) is 11.4 Å². The maximum Gasteiger partial charge on any atom is 0.162 e. The first-order chi connectivity index (χ1) is 10.9. The predicted molar refractivity (Wildman–Crippen MR) is 83.0 cm³/mol. The molecule has 4 heterocycles. The van der Waals surface area contributed by atoms with Gasteiger partial charge in [-0.2, -0.15) is 0 Å². The van der Waals surface area contributed by atoms with Crippen molar-refractivity contribution in [3.05, 3.63) is 52.8 Å². The van der Waals surface area contributed by atoms with E-state index in [1.807, 2.05) is 11.7 Å². The first-order valence-electron chi connectivity index (χ1n) is 7.08. The number of hydrogen-bond acceptors (Lipinski definition) is 7. The van der Waals surface area contributed by atoms with E-state index in [-0.39, 0.29) is 0 Å².